The summed E-state index contributed by atoms with van der Waals surface area (Å²) in [5.74, 6) is 1.19. The van der Waals surface area contributed by atoms with Gasteiger partial charge in [-0.15, -0.1) is 0 Å². The smallest absolute Gasteiger partial charge is 0.233 e. The zero-order valence-electron chi connectivity index (χ0n) is 16.7. The number of carbonyl (C=O) groups is 1. The molecule has 0 aliphatic carbocycles. The van der Waals surface area contributed by atoms with Crippen molar-refractivity contribution in [3.05, 3.63) is 95.1 Å². The highest BCUT2D eigenvalue weighted by Crippen LogP contribution is 2.50. The number of hydrogen-bond donors (Lipinski definition) is 0. The number of aryl methyl sites for hydroxylation is 1. The number of hydrogen-bond acceptors (Lipinski definition) is 2. The minimum Gasteiger partial charge on any atom is -0.497 e. The number of rotatable bonds is 5. The maximum absolute atomic E-state index is 13.2. The van der Waals surface area contributed by atoms with Crippen LogP contribution in [0, 0.1) is 5.92 Å². The quantitative estimate of drug-likeness (QED) is 0.558. The number of anilines is 1. The van der Waals surface area contributed by atoms with Crippen molar-refractivity contribution in [1.82, 2.24) is 0 Å². The monoisotopic (exact) mass is 383 g/mol. The molecule has 3 heteroatoms. The van der Waals surface area contributed by atoms with E-state index in [2.05, 4.69) is 54.6 Å². The first kappa shape index (κ1) is 18.0. The van der Waals surface area contributed by atoms with Gasteiger partial charge in [0.2, 0.25) is 5.91 Å². The van der Waals surface area contributed by atoms with E-state index in [1.807, 2.05) is 23.1 Å². The predicted molar refractivity (Wildman–Crippen MR) is 115 cm³/mol. The Labute approximate surface area is 171 Å². The van der Waals surface area contributed by atoms with Crippen molar-refractivity contribution in [1.29, 1.82) is 0 Å². The van der Waals surface area contributed by atoms with Gasteiger partial charge in [-0.25, -0.2) is 0 Å². The maximum Gasteiger partial charge on any atom is 0.233 e. The Hall–Kier alpha value is -3.07. The fraction of sp³-hybridized carbons (Fsp3) is 0.269. The van der Waals surface area contributed by atoms with Crippen LogP contribution in [0.25, 0.3) is 0 Å². The van der Waals surface area contributed by atoms with Gasteiger partial charge in [-0.05, 0) is 66.1 Å². The number of methoxy groups -OCH3 is 1. The minimum atomic E-state index is 0.0528. The Morgan fingerprint density at radius 2 is 1.76 bits per heavy atom. The van der Waals surface area contributed by atoms with Crippen molar-refractivity contribution in [2.24, 2.45) is 5.92 Å². The lowest BCUT2D eigenvalue weighted by Crippen LogP contribution is -2.55. The largest absolute Gasteiger partial charge is 0.497 e. The van der Waals surface area contributed by atoms with E-state index in [4.69, 9.17) is 4.74 Å². The molecule has 0 unspecified atom stereocenters. The van der Waals surface area contributed by atoms with Crippen LogP contribution in [0.15, 0.2) is 72.8 Å². The summed E-state index contributed by atoms with van der Waals surface area (Å²) in [7, 11) is 1.71. The maximum atomic E-state index is 13.2. The number of benzene rings is 3. The Balaban J connectivity index is 1.45. The van der Waals surface area contributed by atoms with Gasteiger partial charge in [-0.1, -0.05) is 54.6 Å². The highest BCUT2D eigenvalue weighted by Gasteiger charge is 2.50. The van der Waals surface area contributed by atoms with Crippen LogP contribution in [0.3, 0.4) is 0 Å². The third-order valence-electron chi connectivity index (χ3n) is 6.34. The zero-order chi connectivity index (χ0) is 19.8. The average Bonchev–Trinajstić information content (AvgIpc) is 2.89. The molecule has 5 rings (SSSR count). The molecule has 1 saturated heterocycles. The number of β-lactam (4-membered cyclic amide) rings is 1. The highest BCUT2D eigenvalue weighted by molar-refractivity contribution is 6.04. The molecule has 1 amide bonds. The van der Waals surface area contributed by atoms with Crippen molar-refractivity contribution in [3.8, 4) is 5.75 Å². The summed E-state index contributed by atoms with van der Waals surface area (Å²) in [6, 6.07) is 25.3. The molecule has 2 atom stereocenters. The van der Waals surface area contributed by atoms with Gasteiger partial charge >= 0.3 is 0 Å². The molecule has 0 saturated carbocycles. The lowest BCUT2D eigenvalue weighted by Gasteiger charge is -2.47. The molecule has 2 heterocycles. The number of ether oxygens (including phenoxy) is 1. The summed E-state index contributed by atoms with van der Waals surface area (Å²) in [5.41, 5.74) is 6.15. The molecular formula is C26H25NO2. The van der Waals surface area contributed by atoms with Gasteiger partial charge in [0.1, 0.15) is 5.75 Å². The molecular weight excluding hydrogens is 358 g/mol. The second kappa shape index (κ2) is 7.40. The summed E-state index contributed by atoms with van der Waals surface area (Å²) < 4.78 is 5.47. The average molecular weight is 383 g/mol. The molecule has 146 valence electrons. The number of carbonyl (C=O) groups excluding carboxylic acids is 1. The van der Waals surface area contributed by atoms with Crippen LogP contribution in [-0.2, 0) is 17.6 Å². The number of para-hydroxylation sites is 1. The summed E-state index contributed by atoms with van der Waals surface area (Å²) in [5, 5.41) is 0. The molecule has 0 N–H and O–H groups in total. The Bertz CT molecular complexity index is 1040. The van der Waals surface area contributed by atoms with Crippen LogP contribution in [0.2, 0.25) is 0 Å². The van der Waals surface area contributed by atoms with Gasteiger partial charge in [-0.2, -0.15) is 0 Å². The first-order chi connectivity index (χ1) is 14.3. The number of nitrogens with zero attached hydrogens (tertiary/aromatic N) is 1. The predicted octanol–water partition coefficient (Wildman–Crippen LogP) is 5.33. The van der Waals surface area contributed by atoms with Crippen LogP contribution in [0.1, 0.15) is 41.1 Å². The molecule has 0 bridgehead atoms. The van der Waals surface area contributed by atoms with Crippen LogP contribution < -0.4 is 9.64 Å². The van der Waals surface area contributed by atoms with E-state index in [0.29, 0.717) is 0 Å². The van der Waals surface area contributed by atoms with Crippen LogP contribution >= 0.6 is 0 Å². The molecule has 2 aliphatic rings. The van der Waals surface area contributed by atoms with Gasteiger partial charge in [0.15, 0.2) is 0 Å². The SMILES string of the molecule is COc1ccc2c(c1)Cc1ccccc1N1C(=O)[C@@H](CCCc3ccccc3)[C@H]21. The normalized spacial score (nSPS) is 19.5. The van der Waals surface area contributed by atoms with Crippen LogP contribution in [-0.4, -0.2) is 13.0 Å². The van der Waals surface area contributed by atoms with Crippen molar-refractivity contribution < 1.29 is 9.53 Å². The van der Waals surface area contributed by atoms with Gasteiger partial charge < -0.3 is 9.64 Å². The van der Waals surface area contributed by atoms with E-state index in [9.17, 15) is 4.79 Å². The van der Waals surface area contributed by atoms with E-state index in [1.165, 1.54) is 22.3 Å². The summed E-state index contributed by atoms with van der Waals surface area (Å²) in [6.07, 6.45) is 3.80. The molecule has 2 aliphatic heterocycles. The van der Waals surface area contributed by atoms with E-state index >= 15 is 0 Å². The third kappa shape index (κ3) is 3.11. The lowest BCUT2D eigenvalue weighted by atomic mass is 9.78. The number of fused-ring (bicyclic) bond motifs is 5. The lowest BCUT2D eigenvalue weighted by molar-refractivity contribution is -0.130. The van der Waals surface area contributed by atoms with Gasteiger partial charge in [-0.3, -0.25) is 4.79 Å². The molecule has 29 heavy (non-hydrogen) atoms. The fourth-order valence-corrected chi connectivity index (χ4v) is 4.88. The van der Waals surface area contributed by atoms with Gasteiger partial charge in [0.25, 0.3) is 0 Å². The van der Waals surface area contributed by atoms with Crippen LogP contribution in [0.5, 0.6) is 5.75 Å². The second-order valence-corrected chi connectivity index (χ2v) is 8.01. The summed E-state index contributed by atoms with van der Waals surface area (Å²) in [4.78, 5) is 15.2. The van der Waals surface area contributed by atoms with Crippen LogP contribution in [0.4, 0.5) is 5.69 Å². The van der Waals surface area contributed by atoms with Gasteiger partial charge in [0, 0.05) is 5.69 Å². The third-order valence-corrected chi connectivity index (χ3v) is 6.34. The standard InChI is InChI=1S/C26H25NO2/c1-29-21-14-15-22-20(17-21)16-19-11-5-6-13-24(19)27-25(22)23(26(27)28)12-7-10-18-8-3-2-4-9-18/h2-6,8-9,11,13-15,17,23,25H,7,10,12,16H2,1H3/t23-,25-/m0/s1. The van der Waals surface area contributed by atoms with E-state index in [1.54, 1.807) is 7.11 Å². The summed E-state index contributed by atoms with van der Waals surface area (Å²) >= 11 is 0. The first-order valence-corrected chi connectivity index (χ1v) is 10.4. The van der Waals surface area contributed by atoms with Gasteiger partial charge in [0.05, 0.1) is 19.1 Å². The fourth-order valence-electron chi connectivity index (χ4n) is 4.88. The Morgan fingerprint density at radius 1 is 0.966 bits per heavy atom. The van der Waals surface area contributed by atoms with Crippen molar-refractivity contribution >= 4 is 11.6 Å². The molecule has 0 aromatic heterocycles. The molecule has 3 aromatic carbocycles. The van der Waals surface area contributed by atoms with Crippen molar-refractivity contribution in [3.63, 3.8) is 0 Å². The van der Waals surface area contributed by atoms with E-state index in [-0.39, 0.29) is 17.9 Å². The molecule has 0 radical (unpaired) electrons. The number of amides is 1. The molecule has 3 aromatic rings. The van der Waals surface area contributed by atoms with Crippen molar-refractivity contribution in [2.45, 2.75) is 31.7 Å². The minimum absolute atomic E-state index is 0.0528. The van der Waals surface area contributed by atoms with E-state index in [0.717, 1.165) is 37.1 Å². The molecule has 3 nitrogen and oxygen atoms in total. The molecule has 1 fully saturated rings. The second-order valence-electron chi connectivity index (χ2n) is 8.01. The van der Waals surface area contributed by atoms with E-state index < -0.39 is 0 Å². The Kier molecular flexibility index (Phi) is 4.59. The van der Waals surface area contributed by atoms with Crippen molar-refractivity contribution in [2.75, 3.05) is 12.0 Å². The first-order valence-electron chi connectivity index (χ1n) is 10.4. The molecule has 0 spiro atoms. The Morgan fingerprint density at radius 3 is 2.59 bits per heavy atom. The highest BCUT2D eigenvalue weighted by atomic mass is 16.5. The topological polar surface area (TPSA) is 29.5 Å². The summed E-state index contributed by atoms with van der Waals surface area (Å²) in [6.45, 7) is 0. The zero-order valence-corrected chi connectivity index (χ0v) is 16.7.